The first-order valence-electron chi connectivity index (χ1n) is 4.85. The molecular weight excluding hydrogens is 234 g/mol. The number of thiophene rings is 1. The molecule has 0 aliphatic heterocycles. The van der Waals surface area contributed by atoms with Crippen molar-refractivity contribution in [3.63, 3.8) is 0 Å². The van der Waals surface area contributed by atoms with Gasteiger partial charge in [-0.15, -0.1) is 11.3 Å². The van der Waals surface area contributed by atoms with E-state index < -0.39 is 30.8 Å². The van der Waals surface area contributed by atoms with Crippen LogP contribution in [0.2, 0.25) is 0 Å². The minimum atomic E-state index is -3.04. The molecule has 16 heavy (non-hydrogen) atoms. The van der Waals surface area contributed by atoms with E-state index in [2.05, 4.69) is 5.32 Å². The van der Waals surface area contributed by atoms with E-state index in [-0.39, 0.29) is 0 Å². The molecule has 3 N–H and O–H groups in total. The van der Waals surface area contributed by atoms with Crippen molar-refractivity contribution in [1.29, 1.82) is 0 Å². The summed E-state index contributed by atoms with van der Waals surface area (Å²) in [6, 6.07) is 3.62. The standard InChI is InChI=1S/C10H14F2N2OS/c1-7(8-3-2-4-16-8)9(15)14-6-10(11,12)5-13/h2-4,7H,5-6,13H2,1H3,(H,14,15). The number of nitrogens with one attached hydrogen (secondary N) is 1. The van der Waals surface area contributed by atoms with Crippen LogP contribution in [0, 0.1) is 0 Å². The van der Waals surface area contributed by atoms with Crippen molar-refractivity contribution in [2.75, 3.05) is 13.1 Å². The van der Waals surface area contributed by atoms with E-state index in [0.29, 0.717) is 0 Å². The number of amides is 1. The van der Waals surface area contributed by atoms with Crippen LogP contribution in [0.4, 0.5) is 8.78 Å². The van der Waals surface area contributed by atoms with E-state index in [4.69, 9.17) is 5.73 Å². The van der Waals surface area contributed by atoms with Gasteiger partial charge in [-0.1, -0.05) is 6.07 Å². The highest BCUT2D eigenvalue weighted by Gasteiger charge is 2.28. The summed E-state index contributed by atoms with van der Waals surface area (Å²) < 4.78 is 25.6. The summed E-state index contributed by atoms with van der Waals surface area (Å²) >= 11 is 1.43. The molecule has 6 heteroatoms. The van der Waals surface area contributed by atoms with Gasteiger partial charge < -0.3 is 11.1 Å². The Bertz CT molecular complexity index is 341. The van der Waals surface area contributed by atoms with Crippen LogP contribution in [0.15, 0.2) is 17.5 Å². The van der Waals surface area contributed by atoms with E-state index in [0.717, 1.165) is 4.88 Å². The van der Waals surface area contributed by atoms with Gasteiger partial charge in [0, 0.05) is 4.88 Å². The molecule has 1 aromatic heterocycles. The highest BCUT2D eigenvalue weighted by molar-refractivity contribution is 7.10. The summed E-state index contributed by atoms with van der Waals surface area (Å²) in [6.45, 7) is 0.209. The lowest BCUT2D eigenvalue weighted by Crippen LogP contribution is -2.42. The second-order valence-corrected chi connectivity index (χ2v) is 4.49. The average molecular weight is 248 g/mol. The number of carbonyl (C=O) groups excluding carboxylic acids is 1. The zero-order valence-corrected chi connectivity index (χ0v) is 9.69. The van der Waals surface area contributed by atoms with Crippen molar-refractivity contribution < 1.29 is 13.6 Å². The molecule has 90 valence electrons. The Hall–Kier alpha value is -1.01. The second kappa shape index (κ2) is 5.36. The molecule has 0 radical (unpaired) electrons. The van der Waals surface area contributed by atoms with Crippen molar-refractivity contribution in [2.45, 2.75) is 18.8 Å². The molecule has 0 aliphatic rings. The highest BCUT2D eigenvalue weighted by atomic mass is 32.1. The van der Waals surface area contributed by atoms with Crippen molar-refractivity contribution in [3.05, 3.63) is 22.4 Å². The number of halogens is 2. The molecule has 1 heterocycles. The molecule has 0 aromatic carbocycles. The largest absolute Gasteiger partial charge is 0.349 e. The van der Waals surface area contributed by atoms with E-state index in [1.165, 1.54) is 11.3 Å². The third-order valence-electron chi connectivity index (χ3n) is 2.18. The molecule has 0 saturated carbocycles. The summed E-state index contributed by atoms with van der Waals surface area (Å²) in [5, 5.41) is 4.04. The maximum Gasteiger partial charge on any atom is 0.277 e. The molecule has 0 fully saturated rings. The molecule has 0 bridgehead atoms. The van der Waals surface area contributed by atoms with Crippen molar-refractivity contribution in [1.82, 2.24) is 5.32 Å². The van der Waals surface area contributed by atoms with Gasteiger partial charge in [0.25, 0.3) is 5.92 Å². The lowest BCUT2D eigenvalue weighted by atomic mass is 10.1. The first-order valence-corrected chi connectivity index (χ1v) is 5.73. The Morgan fingerprint density at radius 1 is 1.69 bits per heavy atom. The van der Waals surface area contributed by atoms with Crippen LogP contribution in [0.3, 0.4) is 0 Å². The third kappa shape index (κ3) is 3.53. The fraction of sp³-hybridized carbons (Fsp3) is 0.500. The van der Waals surface area contributed by atoms with Gasteiger partial charge in [0.2, 0.25) is 5.91 Å². The van der Waals surface area contributed by atoms with Crippen molar-refractivity contribution >= 4 is 17.2 Å². The maximum absolute atomic E-state index is 12.8. The topological polar surface area (TPSA) is 55.1 Å². The van der Waals surface area contributed by atoms with Crippen LogP contribution >= 0.6 is 11.3 Å². The molecule has 3 nitrogen and oxygen atoms in total. The Kier molecular flexibility index (Phi) is 4.37. The molecule has 1 amide bonds. The Labute approximate surface area is 96.6 Å². The monoisotopic (exact) mass is 248 g/mol. The predicted molar refractivity (Wildman–Crippen MR) is 59.7 cm³/mol. The van der Waals surface area contributed by atoms with Gasteiger partial charge in [0.05, 0.1) is 19.0 Å². The van der Waals surface area contributed by atoms with Crippen LogP contribution in [0.1, 0.15) is 17.7 Å². The van der Waals surface area contributed by atoms with E-state index in [9.17, 15) is 13.6 Å². The predicted octanol–water partition coefficient (Wildman–Crippen LogP) is 1.56. The van der Waals surface area contributed by atoms with Crippen molar-refractivity contribution in [3.8, 4) is 0 Å². The van der Waals surface area contributed by atoms with Gasteiger partial charge in [-0.25, -0.2) is 8.78 Å². The Morgan fingerprint density at radius 3 is 2.88 bits per heavy atom. The molecule has 0 spiro atoms. The SMILES string of the molecule is CC(C(=O)NCC(F)(F)CN)c1cccs1. The van der Waals surface area contributed by atoms with Crippen LogP contribution in [-0.2, 0) is 4.79 Å². The average Bonchev–Trinajstić information content (AvgIpc) is 2.78. The van der Waals surface area contributed by atoms with Crippen LogP contribution < -0.4 is 11.1 Å². The Balaban J connectivity index is 2.47. The lowest BCUT2D eigenvalue weighted by molar-refractivity contribution is -0.123. The highest BCUT2D eigenvalue weighted by Crippen LogP contribution is 2.21. The van der Waals surface area contributed by atoms with Crippen molar-refractivity contribution in [2.24, 2.45) is 5.73 Å². The van der Waals surface area contributed by atoms with Gasteiger partial charge in [0.15, 0.2) is 0 Å². The van der Waals surface area contributed by atoms with Crippen LogP contribution in [-0.4, -0.2) is 24.9 Å². The minimum absolute atomic E-state index is 0.407. The van der Waals surface area contributed by atoms with E-state index in [1.54, 1.807) is 13.0 Å². The molecule has 1 rings (SSSR count). The first kappa shape index (κ1) is 13.1. The zero-order chi connectivity index (χ0) is 12.2. The zero-order valence-electron chi connectivity index (χ0n) is 8.87. The minimum Gasteiger partial charge on any atom is -0.349 e. The number of carbonyl (C=O) groups is 1. The van der Waals surface area contributed by atoms with Gasteiger partial charge >= 0.3 is 0 Å². The van der Waals surface area contributed by atoms with E-state index >= 15 is 0 Å². The summed E-state index contributed by atoms with van der Waals surface area (Å²) in [7, 11) is 0. The summed E-state index contributed by atoms with van der Waals surface area (Å²) in [5.74, 6) is -3.85. The summed E-state index contributed by atoms with van der Waals surface area (Å²) in [4.78, 5) is 12.4. The fourth-order valence-electron chi connectivity index (χ4n) is 1.11. The quantitative estimate of drug-likeness (QED) is 0.831. The lowest BCUT2D eigenvalue weighted by Gasteiger charge is -2.16. The molecule has 0 saturated heterocycles. The smallest absolute Gasteiger partial charge is 0.277 e. The summed E-state index contributed by atoms with van der Waals surface area (Å²) in [5.41, 5.74) is 4.86. The fourth-order valence-corrected chi connectivity index (χ4v) is 1.89. The van der Waals surface area contributed by atoms with Gasteiger partial charge in [0.1, 0.15) is 0 Å². The Morgan fingerprint density at radius 2 is 2.38 bits per heavy atom. The molecular formula is C10H14F2N2OS. The van der Waals surface area contributed by atoms with E-state index in [1.807, 2.05) is 11.4 Å². The number of hydrogen-bond acceptors (Lipinski definition) is 3. The van der Waals surface area contributed by atoms with Gasteiger partial charge in [-0.05, 0) is 18.4 Å². The number of hydrogen-bond donors (Lipinski definition) is 2. The van der Waals surface area contributed by atoms with Crippen LogP contribution in [0.5, 0.6) is 0 Å². The number of nitrogens with two attached hydrogens (primary N) is 1. The molecule has 1 unspecified atom stereocenters. The molecule has 1 aromatic rings. The second-order valence-electron chi connectivity index (χ2n) is 3.51. The number of alkyl halides is 2. The van der Waals surface area contributed by atoms with Crippen LogP contribution in [0.25, 0.3) is 0 Å². The van der Waals surface area contributed by atoms with Gasteiger partial charge in [-0.2, -0.15) is 0 Å². The maximum atomic E-state index is 12.8. The normalized spacial score (nSPS) is 13.5. The third-order valence-corrected chi connectivity index (χ3v) is 3.24. The molecule has 1 atom stereocenters. The first-order chi connectivity index (χ1) is 7.46. The van der Waals surface area contributed by atoms with Gasteiger partial charge in [-0.3, -0.25) is 4.79 Å². The summed E-state index contributed by atoms with van der Waals surface area (Å²) in [6.07, 6.45) is 0. The molecule has 0 aliphatic carbocycles. The number of rotatable bonds is 5.